The van der Waals surface area contributed by atoms with Crippen molar-refractivity contribution >= 4 is 16.7 Å². The van der Waals surface area contributed by atoms with Gasteiger partial charge in [0.15, 0.2) is 5.78 Å². The molecule has 2 heterocycles. The van der Waals surface area contributed by atoms with Crippen LogP contribution in [0.2, 0.25) is 0 Å². The van der Waals surface area contributed by atoms with Gasteiger partial charge in [0, 0.05) is 28.7 Å². The zero-order valence-corrected chi connectivity index (χ0v) is 12.3. The van der Waals surface area contributed by atoms with Crippen molar-refractivity contribution in [3.8, 4) is 0 Å². The lowest BCUT2D eigenvalue weighted by atomic mass is 9.99. The maximum atomic E-state index is 12.7. The molecule has 3 nitrogen and oxygen atoms in total. The number of carbonyl (C=O) groups excluding carboxylic acids is 1. The maximum Gasteiger partial charge on any atom is 0.179 e. The minimum absolute atomic E-state index is 0.244. The van der Waals surface area contributed by atoms with Crippen LogP contribution in [0.25, 0.3) is 10.9 Å². The first-order chi connectivity index (χ1) is 9.65. The average Bonchev–Trinajstić information content (AvgIpc) is 2.74. The first-order valence-corrected chi connectivity index (χ1v) is 7.48. The Labute approximate surface area is 120 Å². The molecule has 3 heteroatoms. The van der Waals surface area contributed by atoms with Crippen molar-refractivity contribution in [3.63, 3.8) is 0 Å². The zero-order valence-electron chi connectivity index (χ0n) is 12.3. The molecule has 1 aliphatic heterocycles. The molecule has 1 aromatic carbocycles. The zero-order chi connectivity index (χ0) is 14.1. The molecule has 0 amide bonds. The van der Waals surface area contributed by atoms with Crippen LogP contribution in [0.15, 0.2) is 24.3 Å². The van der Waals surface area contributed by atoms with E-state index in [2.05, 4.69) is 16.8 Å². The Morgan fingerprint density at radius 2 is 2.20 bits per heavy atom. The average molecular weight is 270 g/mol. The Bertz CT molecular complexity index is 629. The normalized spacial score (nSPS) is 20.4. The largest absolute Gasteiger partial charge is 0.358 e. The van der Waals surface area contributed by atoms with Gasteiger partial charge in [0.25, 0.3) is 0 Å². The number of hydrogen-bond donors (Lipinski definition) is 1. The molecule has 1 N–H and O–H groups in total. The molecule has 3 rings (SSSR count). The summed E-state index contributed by atoms with van der Waals surface area (Å²) in [4.78, 5) is 18.3. The summed E-state index contributed by atoms with van der Waals surface area (Å²) in [6.45, 7) is 6.91. The summed E-state index contributed by atoms with van der Waals surface area (Å²) in [6.07, 6.45) is 2.50. The fourth-order valence-electron chi connectivity index (χ4n) is 3.35. The predicted molar refractivity (Wildman–Crippen MR) is 82.2 cm³/mol. The van der Waals surface area contributed by atoms with Crippen molar-refractivity contribution in [1.82, 2.24) is 9.88 Å². The Morgan fingerprint density at radius 1 is 1.40 bits per heavy atom. The quantitative estimate of drug-likeness (QED) is 0.868. The van der Waals surface area contributed by atoms with Crippen molar-refractivity contribution < 1.29 is 4.79 Å². The molecule has 0 aliphatic carbocycles. The number of fused-ring (bicyclic) bond motifs is 1. The number of H-pyrrole nitrogens is 1. The lowest BCUT2D eigenvalue weighted by Gasteiger charge is -2.30. The van der Waals surface area contributed by atoms with Crippen LogP contribution in [-0.4, -0.2) is 35.3 Å². The molecule has 1 atom stereocenters. The van der Waals surface area contributed by atoms with Crippen LogP contribution < -0.4 is 0 Å². The van der Waals surface area contributed by atoms with Crippen LogP contribution in [0.1, 0.15) is 35.8 Å². The highest BCUT2D eigenvalue weighted by atomic mass is 16.1. The second-order valence-corrected chi connectivity index (χ2v) is 6.08. The number of nitrogens with one attached hydrogen (secondary N) is 1. The summed E-state index contributed by atoms with van der Waals surface area (Å²) < 4.78 is 0. The minimum atomic E-state index is 0.244. The molecular weight excluding hydrogens is 248 g/mol. The summed E-state index contributed by atoms with van der Waals surface area (Å²) in [6, 6.07) is 8.06. The molecule has 0 saturated carbocycles. The molecule has 2 aromatic rings. The number of ketones is 1. The van der Waals surface area contributed by atoms with Gasteiger partial charge < -0.3 is 4.98 Å². The molecule has 1 fully saturated rings. The standard InChI is InChI=1S/C17H22N2O/c1-12-6-5-9-19(10-12)11-16(20)17-13(2)18-15-8-4-3-7-14(15)17/h3-4,7-8,12,18H,5-6,9-11H2,1-2H3/t12-/m1/s1. The van der Waals surface area contributed by atoms with Crippen molar-refractivity contribution in [2.75, 3.05) is 19.6 Å². The summed E-state index contributed by atoms with van der Waals surface area (Å²) in [5.41, 5.74) is 2.92. The fraction of sp³-hybridized carbons (Fsp3) is 0.471. The highest BCUT2D eigenvalue weighted by Crippen LogP contribution is 2.23. The number of likely N-dealkylation sites (tertiary alicyclic amines) is 1. The molecule has 0 radical (unpaired) electrons. The Morgan fingerprint density at radius 3 is 3.00 bits per heavy atom. The monoisotopic (exact) mass is 270 g/mol. The number of rotatable bonds is 3. The van der Waals surface area contributed by atoms with Crippen molar-refractivity contribution in [2.24, 2.45) is 5.92 Å². The third-order valence-electron chi connectivity index (χ3n) is 4.28. The Balaban J connectivity index is 1.83. The second-order valence-electron chi connectivity index (χ2n) is 6.08. The Hall–Kier alpha value is -1.61. The van der Waals surface area contributed by atoms with Gasteiger partial charge in [0.2, 0.25) is 0 Å². The summed E-state index contributed by atoms with van der Waals surface area (Å²) in [5.74, 6) is 0.953. The number of aromatic amines is 1. The minimum Gasteiger partial charge on any atom is -0.358 e. The van der Waals surface area contributed by atoms with Crippen LogP contribution in [-0.2, 0) is 0 Å². The lowest BCUT2D eigenvalue weighted by Crippen LogP contribution is -2.38. The van der Waals surface area contributed by atoms with E-state index in [0.717, 1.165) is 35.2 Å². The molecule has 0 bridgehead atoms. The van der Waals surface area contributed by atoms with E-state index in [4.69, 9.17) is 0 Å². The lowest BCUT2D eigenvalue weighted by molar-refractivity contribution is 0.0894. The molecule has 1 aromatic heterocycles. The fourth-order valence-corrected chi connectivity index (χ4v) is 3.35. The van der Waals surface area contributed by atoms with Crippen molar-refractivity contribution in [3.05, 3.63) is 35.5 Å². The van der Waals surface area contributed by atoms with Crippen LogP contribution in [0.3, 0.4) is 0 Å². The van der Waals surface area contributed by atoms with Gasteiger partial charge in [0.1, 0.15) is 0 Å². The first-order valence-electron chi connectivity index (χ1n) is 7.48. The molecular formula is C17H22N2O. The molecule has 0 unspecified atom stereocenters. The predicted octanol–water partition coefficient (Wildman–Crippen LogP) is 3.39. The topological polar surface area (TPSA) is 36.1 Å². The number of piperidine rings is 1. The molecule has 1 aliphatic rings. The van der Waals surface area contributed by atoms with E-state index in [1.54, 1.807) is 0 Å². The number of hydrogen-bond acceptors (Lipinski definition) is 2. The summed E-state index contributed by atoms with van der Waals surface area (Å²) in [7, 11) is 0. The number of carbonyl (C=O) groups is 1. The maximum absolute atomic E-state index is 12.7. The highest BCUT2D eigenvalue weighted by Gasteiger charge is 2.22. The number of nitrogens with zero attached hydrogens (tertiary/aromatic N) is 1. The molecule has 20 heavy (non-hydrogen) atoms. The van der Waals surface area contributed by atoms with Gasteiger partial charge in [-0.15, -0.1) is 0 Å². The van der Waals surface area contributed by atoms with Crippen LogP contribution >= 0.6 is 0 Å². The van der Waals surface area contributed by atoms with Crippen LogP contribution in [0.4, 0.5) is 0 Å². The van der Waals surface area contributed by atoms with E-state index in [9.17, 15) is 4.79 Å². The van der Waals surface area contributed by atoms with E-state index < -0.39 is 0 Å². The van der Waals surface area contributed by atoms with Gasteiger partial charge in [-0.25, -0.2) is 0 Å². The van der Waals surface area contributed by atoms with Crippen molar-refractivity contribution in [1.29, 1.82) is 0 Å². The van der Waals surface area contributed by atoms with E-state index in [1.165, 1.54) is 12.8 Å². The van der Waals surface area contributed by atoms with Gasteiger partial charge in [-0.1, -0.05) is 25.1 Å². The number of benzene rings is 1. The summed E-state index contributed by atoms with van der Waals surface area (Å²) >= 11 is 0. The van der Waals surface area contributed by atoms with Gasteiger partial charge in [0.05, 0.1) is 6.54 Å². The smallest absolute Gasteiger partial charge is 0.179 e. The van der Waals surface area contributed by atoms with E-state index in [0.29, 0.717) is 12.5 Å². The number of para-hydroxylation sites is 1. The third-order valence-corrected chi connectivity index (χ3v) is 4.28. The first kappa shape index (κ1) is 13.4. The van der Waals surface area contributed by atoms with Crippen LogP contribution in [0.5, 0.6) is 0 Å². The van der Waals surface area contributed by atoms with E-state index in [-0.39, 0.29) is 5.78 Å². The second kappa shape index (κ2) is 5.41. The highest BCUT2D eigenvalue weighted by molar-refractivity contribution is 6.10. The Kier molecular flexibility index (Phi) is 3.62. The van der Waals surface area contributed by atoms with Gasteiger partial charge in [-0.2, -0.15) is 0 Å². The third kappa shape index (κ3) is 2.50. The van der Waals surface area contributed by atoms with E-state index >= 15 is 0 Å². The summed E-state index contributed by atoms with van der Waals surface area (Å²) in [5, 5.41) is 1.06. The van der Waals surface area contributed by atoms with Gasteiger partial charge >= 0.3 is 0 Å². The number of aryl methyl sites for hydroxylation is 1. The number of Topliss-reactive ketones (excluding diaryl/α,β-unsaturated/α-hetero) is 1. The van der Waals surface area contributed by atoms with Gasteiger partial charge in [-0.05, 0) is 38.3 Å². The van der Waals surface area contributed by atoms with Crippen LogP contribution in [0, 0.1) is 12.8 Å². The number of aromatic nitrogens is 1. The molecule has 0 spiro atoms. The van der Waals surface area contributed by atoms with E-state index in [1.807, 2.05) is 31.2 Å². The molecule has 106 valence electrons. The van der Waals surface area contributed by atoms with Crippen molar-refractivity contribution in [2.45, 2.75) is 26.7 Å². The molecule has 1 saturated heterocycles. The SMILES string of the molecule is Cc1[nH]c2ccccc2c1C(=O)CN1CCC[C@@H](C)C1. The van der Waals surface area contributed by atoms with Gasteiger partial charge in [-0.3, -0.25) is 9.69 Å².